The van der Waals surface area contributed by atoms with E-state index in [1.165, 1.54) is 6.08 Å². The maximum absolute atomic E-state index is 12.5. The number of likely N-dealkylation sites (tertiary alicyclic amines) is 1. The van der Waals surface area contributed by atoms with E-state index in [1.807, 2.05) is 16.8 Å². The number of hydrogen-bond donors (Lipinski definition) is 0. The first kappa shape index (κ1) is 23.5. The number of rotatable bonds is 10. The van der Waals surface area contributed by atoms with Crippen LogP contribution in [0.15, 0.2) is 18.2 Å². The molecular weight excluding hydrogens is 386 g/mol. The third-order valence-electron chi connectivity index (χ3n) is 5.16. The van der Waals surface area contributed by atoms with Crippen LogP contribution in [0.25, 0.3) is 6.08 Å². The van der Waals surface area contributed by atoms with Crippen LogP contribution in [0.1, 0.15) is 18.4 Å². The predicted molar refractivity (Wildman–Crippen MR) is 116 cm³/mol. The third-order valence-corrected chi connectivity index (χ3v) is 5.16. The number of ether oxygens (including phenoxy) is 3. The highest BCUT2D eigenvalue weighted by molar-refractivity contribution is 5.91. The lowest BCUT2D eigenvalue weighted by Crippen LogP contribution is -2.40. The fraction of sp³-hybridized carbons (Fsp3) is 0.545. The molecule has 0 atom stereocenters. The molecule has 0 aliphatic carbocycles. The van der Waals surface area contributed by atoms with Crippen LogP contribution in [0, 0.1) is 0 Å². The fourth-order valence-corrected chi connectivity index (χ4v) is 3.30. The molecule has 0 spiro atoms. The van der Waals surface area contributed by atoms with Crippen LogP contribution in [0.4, 0.5) is 0 Å². The summed E-state index contributed by atoms with van der Waals surface area (Å²) < 4.78 is 16.0. The van der Waals surface area contributed by atoms with Gasteiger partial charge >= 0.3 is 0 Å². The molecule has 1 saturated heterocycles. The molecule has 2 rings (SSSR count). The van der Waals surface area contributed by atoms with Crippen LogP contribution < -0.4 is 14.2 Å². The molecule has 1 aromatic carbocycles. The topological polar surface area (TPSA) is 71.6 Å². The second-order valence-corrected chi connectivity index (χ2v) is 7.38. The molecule has 1 aromatic rings. The molecule has 8 nitrogen and oxygen atoms in total. The SMILES string of the molecule is COc1cc(C=CC(=O)N(C)CCN(C)CC(=O)N2CCCC2)cc(OC)c1OC. The molecule has 0 saturated carbocycles. The zero-order chi connectivity index (χ0) is 22.1. The van der Waals surface area contributed by atoms with E-state index < -0.39 is 0 Å². The van der Waals surface area contributed by atoms with Gasteiger partial charge in [-0.15, -0.1) is 0 Å². The van der Waals surface area contributed by atoms with Crippen molar-refractivity contribution in [1.29, 1.82) is 0 Å². The van der Waals surface area contributed by atoms with Crippen molar-refractivity contribution >= 4 is 17.9 Å². The number of likely N-dealkylation sites (N-methyl/N-ethyl adjacent to an activating group) is 2. The molecular formula is C22H33N3O5. The molecule has 1 fully saturated rings. The van der Waals surface area contributed by atoms with Gasteiger partial charge in [-0.3, -0.25) is 14.5 Å². The highest BCUT2D eigenvalue weighted by Crippen LogP contribution is 2.38. The average molecular weight is 420 g/mol. The Labute approximate surface area is 179 Å². The lowest BCUT2D eigenvalue weighted by molar-refractivity contribution is -0.131. The molecule has 0 aromatic heterocycles. The summed E-state index contributed by atoms with van der Waals surface area (Å²) >= 11 is 0. The van der Waals surface area contributed by atoms with Crippen molar-refractivity contribution in [3.63, 3.8) is 0 Å². The number of nitrogens with zero attached hydrogens (tertiary/aromatic N) is 3. The molecule has 1 aliphatic rings. The summed E-state index contributed by atoms with van der Waals surface area (Å²) in [6, 6.07) is 3.56. The normalized spacial score (nSPS) is 13.7. The second kappa shape index (κ2) is 11.4. The van der Waals surface area contributed by atoms with Crippen molar-refractivity contribution in [2.24, 2.45) is 0 Å². The van der Waals surface area contributed by atoms with Gasteiger partial charge in [0.25, 0.3) is 0 Å². The highest BCUT2D eigenvalue weighted by Gasteiger charge is 2.19. The standard InChI is InChI=1S/C22H33N3O5/c1-23(16-21(27)25-10-6-7-11-25)12-13-24(2)20(26)9-8-17-14-18(28-3)22(30-5)19(15-17)29-4/h8-9,14-15H,6-7,10-13,16H2,1-5H3. The van der Waals surface area contributed by atoms with Crippen LogP contribution in [0.3, 0.4) is 0 Å². The van der Waals surface area contributed by atoms with Gasteiger partial charge in [-0.25, -0.2) is 0 Å². The zero-order valence-corrected chi connectivity index (χ0v) is 18.6. The minimum atomic E-state index is -0.122. The smallest absolute Gasteiger partial charge is 0.246 e. The number of amides is 2. The van der Waals surface area contributed by atoms with Gasteiger partial charge in [0, 0.05) is 39.3 Å². The first-order chi connectivity index (χ1) is 14.4. The highest BCUT2D eigenvalue weighted by atomic mass is 16.5. The molecule has 166 valence electrons. The van der Waals surface area contributed by atoms with E-state index in [4.69, 9.17) is 14.2 Å². The third kappa shape index (κ3) is 6.38. The predicted octanol–water partition coefficient (Wildman–Crippen LogP) is 1.74. The number of hydrogen-bond acceptors (Lipinski definition) is 6. The maximum Gasteiger partial charge on any atom is 0.246 e. The van der Waals surface area contributed by atoms with Crippen LogP contribution in [-0.2, 0) is 9.59 Å². The quantitative estimate of drug-likeness (QED) is 0.538. The van der Waals surface area contributed by atoms with E-state index in [2.05, 4.69) is 0 Å². The van der Waals surface area contributed by atoms with E-state index in [0.29, 0.717) is 36.9 Å². The van der Waals surface area contributed by atoms with E-state index >= 15 is 0 Å². The van der Waals surface area contributed by atoms with Crippen LogP contribution in [0.2, 0.25) is 0 Å². The first-order valence-corrected chi connectivity index (χ1v) is 10.1. The Morgan fingerprint density at radius 3 is 2.13 bits per heavy atom. The fourth-order valence-electron chi connectivity index (χ4n) is 3.30. The molecule has 1 aliphatic heterocycles. The van der Waals surface area contributed by atoms with Crippen molar-refractivity contribution in [2.45, 2.75) is 12.8 Å². The summed E-state index contributed by atoms with van der Waals surface area (Å²) in [7, 11) is 8.30. The lowest BCUT2D eigenvalue weighted by Gasteiger charge is -2.23. The second-order valence-electron chi connectivity index (χ2n) is 7.38. The van der Waals surface area contributed by atoms with Gasteiger partial charge in [0.1, 0.15) is 0 Å². The first-order valence-electron chi connectivity index (χ1n) is 10.1. The average Bonchev–Trinajstić information content (AvgIpc) is 3.29. The van der Waals surface area contributed by atoms with E-state index in [0.717, 1.165) is 31.5 Å². The van der Waals surface area contributed by atoms with E-state index in [1.54, 1.807) is 51.5 Å². The van der Waals surface area contributed by atoms with Crippen molar-refractivity contribution in [1.82, 2.24) is 14.7 Å². The summed E-state index contributed by atoms with van der Waals surface area (Å²) in [5.41, 5.74) is 0.763. The van der Waals surface area contributed by atoms with Crippen LogP contribution >= 0.6 is 0 Å². The van der Waals surface area contributed by atoms with Gasteiger partial charge in [-0.05, 0) is 43.7 Å². The summed E-state index contributed by atoms with van der Waals surface area (Å²) in [6.45, 7) is 3.25. The Kier molecular flexibility index (Phi) is 8.98. The van der Waals surface area contributed by atoms with Gasteiger partial charge in [0.15, 0.2) is 11.5 Å². The van der Waals surface area contributed by atoms with Gasteiger partial charge in [-0.2, -0.15) is 0 Å². The Bertz CT molecular complexity index is 734. The maximum atomic E-state index is 12.5. The van der Waals surface area contributed by atoms with Crippen molar-refractivity contribution in [3.05, 3.63) is 23.8 Å². The Morgan fingerprint density at radius 2 is 1.60 bits per heavy atom. The number of carbonyl (C=O) groups excluding carboxylic acids is 2. The number of methoxy groups -OCH3 is 3. The molecule has 0 unspecified atom stereocenters. The Hall–Kier alpha value is -2.74. The Morgan fingerprint density at radius 1 is 1.00 bits per heavy atom. The van der Waals surface area contributed by atoms with E-state index in [-0.39, 0.29) is 11.8 Å². The molecule has 2 amide bonds. The minimum Gasteiger partial charge on any atom is -0.493 e. The van der Waals surface area contributed by atoms with Crippen LogP contribution in [-0.4, -0.2) is 94.7 Å². The van der Waals surface area contributed by atoms with Crippen LogP contribution in [0.5, 0.6) is 17.2 Å². The van der Waals surface area contributed by atoms with Gasteiger partial charge in [0.2, 0.25) is 17.6 Å². The molecule has 0 N–H and O–H groups in total. The molecule has 0 bridgehead atoms. The monoisotopic (exact) mass is 419 g/mol. The van der Waals surface area contributed by atoms with Gasteiger partial charge in [0.05, 0.1) is 27.9 Å². The Balaban J connectivity index is 1.88. The van der Waals surface area contributed by atoms with Gasteiger partial charge < -0.3 is 24.0 Å². The molecule has 8 heteroatoms. The molecule has 0 radical (unpaired) electrons. The minimum absolute atomic E-state index is 0.122. The van der Waals surface area contributed by atoms with Crippen molar-refractivity contribution < 1.29 is 23.8 Å². The van der Waals surface area contributed by atoms with E-state index in [9.17, 15) is 9.59 Å². The number of benzene rings is 1. The van der Waals surface area contributed by atoms with Crippen molar-refractivity contribution in [3.8, 4) is 17.2 Å². The summed E-state index contributed by atoms with van der Waals surface area (Å²) in [4.78, 5) is 30.1. The molecule has 1 heterocycles. The largest absolute Gasteiger partial charge is 0.493 e. The molecule has 30 heavy (non-hydrogen) atoms. The van der Waals surface area contributed by atoms with Gasteiger partial charge in [-0.1, -0.05) is 0 Å². The van der Waals surface area contributed by atoms with Crippen molar-refractivity contribution in [2.75, 3.05) is 68.1 Å². The zero-order valence-electron chi connectivity index (χ0n) is 18.6. The summed E-state index contributed by atoms with van der Waals surface area (Å²) in [5.74, 6) is 1.60. The summed E-state index contributed by atoms with van der Waals surface area (Å²) in [5, 5.41) is 0. The number of carbonyl (C=O) groups is 2. The summed E-state index contributed by atoms with van der Waals surface area (Å²) in [6.07, 6.45) is 5.40. The lowest BCUT2D eigenvalue weighted by atomic mass is 10.1.